The highest BCUT2D eigenvalue weighted by molar-refractivity contribution is 9.10. The molecule has 2 rings (SSSR count). The third kappa shape index (κ3) is 3.65. The number of nitrogens with two attached hydrogens (primary N) is 1. The van der Waals surface area contributed by atoms with Crippen molar-refractivity contribution in [2.75, 3.05) is 0 Å². The highest BCUT2D eigenvalue weighted by Crippen LogP contribution is 2.26. The Balaban J connectivity index is 2.16. The molecule has 1 aromatic carbocycles. The molecule has 1 unspecified atom stereocenters. The monoisotopic (exact) mass is 373 g/mol. The number of thiophene rings is 1. The third-order valence-corrected chi connectivity index (χ3v) is 4.71. The predicted octanol–water partition coefficient (Wildman–Crippen LogP) is 4.82. The van der Waals surface area contributed by atoms with E-state index >= 15 is 0 Å². The fourth-order valence-corrected chi connectivity index (χ4v) is 3.91. The van der Waals surface area contributed by atoms with Gasteiger partial charge < -0.3 is 5.73 Å². The summed E-state index contributed by atoms with van der Waals surface area (Å²) in [6, 6.07) is 8.53. The van der Waals surface area contributed by atoms with Gasteiger partial charge in [-0.1, -0.05) is 22.0 Å². The van der Waals surface area contributed by atoms with Gasteiger partial charge in [-0.15, -0.1) is 11.3 Å². The predicted molar refractivity (Wildman–Crippen MR) is 81.5 cm³/mol. The van der Waals surface area contributed by atoms with Gasteiger partial charge in [-0.3, -0.25) is 0 Å². The molecule has 1 aromatic heterocycles. The average molecular weight is 375 g/mol. The maximum Gasteiger partial charge on any atom is 0.0344 e. The fourth-order valence-electron chi connectivity index (χ4n) is 1.77. The van der Waals surface area contributed by atoms with Gasteiger partial charge in [0.1, 0.15) is 0 Å². The van der Waals surface area contributed by atoms with Crippen LogP contribution >= 0.6 is 43.2 Å². The standard InChI is InChI=1S/C13H13Br2NS/c1-8-2-9(4-10(14)3-8)13(16)6-12-5-11(15)7-17-12/h2-5,7,13H,6,16H2,1H3. The van der Waals surface area contributed by atoms with Gasteiger partial charge in [0, 0.05) is 31.7 Å². The molecule has 0 radical (unpaired) electrons. The van der Waals surface area contributed by atoms with Gasteiger partial charge in [0.15, 0.2) is 0 Å². The summed E-state index contributed by atoms with van der Waals surface area (Å²) in [5, 5.41) is 2.09. The maximum atomic E-state index is 6.24. The van der Waals surface area contributed by atoms with Crippen LogP contribution in [0, 0.1) is 6.92 Å². The summed E-state index contributed by atoms with van der Waals surface area (Å²) >= 11 is 8.72. The number of hydrogen-bond acceptors (Lipinski definition) is 2. The number of halogens is 2. The van der Waals surface area contributed by atoms with Gasteiger partial charge in [-0.05, 0) is 52.2 Å². The summed E-state index contributed by atoms with van der Waals surface area (Å²) in [4.78, 5) is 1.31. The molecule has 0 saturated heterocycles. The Hall–Kier alpha value is -0.160. The molecule has 1 heterocycles. The number of rotatable bonds is 3. The summed E-state index contributed by atoms with van der Waals surface area (Å²) < 4.78 is 2.23. The van der Waals surface area contributed by atoms with Crippen molar-refractivity contribution in [1.82, 2.24) is 0 Å². The van der Waals surface area contributed by atoms with Gasteiger partial charge in [-0.25, -0.2) is 0 Å². The van der Waals surface area contributed by atoms with Crippen LogP contribution in [0.3, 0.4) is 0 Å². The largest absolute Gasteiger partial charge is 0.324 e. The second-order valence-electron chi connectivity index (χ2n) is 4.10. The minimum atomic E-state index is 0.0525. The summed E-state index contributed by atoms with van der Waals surface area (Å²) in [6.07, 6.45) is 0.881. The van der Waals surface area contributed by atoms with Crippen molar-refractivity contribution in [2.24, 2.45) is 5.73 Å². The van der Waals surface area contributed by atoms with Crippen LogP contribution in [0.5, 0.6) is 0 Å². The SMILES string of the molecule is Cc1cc(Br)cc(C(N)Cc2cc(Br)cs2)c1. The van der Waals surface area contributed by atoms with E-state index in [-0.39, 0.29) is 6.04 Å². The van der Waals surface area contributed by atoms with Crippen molar-refractivity contribution in [2.45, 2.75) is 19.4 Å². The molecule has 2 N–H and O–H groups in total. The summed E-state index contributed by atoms with van der Waals surface area (Å²) in [5.41, 5.74) is 8.66. The van der Waals surface area contributed by atoms with Crippen LogP contribution in [-0.4, -0.2) is 0 Å². The summed E-state index contributed by atoms with van der Waals surface area (Å²) in [7, 11) is 0. The van der Waals surface area contributed by atoms with Gasteiger partial charge in [0.25, 0.3) is 0 Å². The van der Waals surface area contributed by atoms with Crippen LogP contribution in [0.4, 0.5) is 0 Å². The van der Waals surface area contributed by atoms with E-state index in [0.29, 0.717) is 0 Å². The van der Waals surface area contributed by atoms with E-state index in [1.54, 1.807) is 11.3 Å². The maximum absolute atomic E-state index is 6.24. The first-order chi connectivity index (χ1) is 8.04. The highest BCUT2D eigenvalue weighted by atomic mass is 79.9. The van der Waals surface area contributed by atoms with Crippen molar-refractivity contribution in [3.8, 4) is 0 Å². The van der Waals surface area contributed by atoms with Crippen LogP contribution in [0.25, 0.3) is 0 Å². The molecule has 1 atom stereocenters. The minimum absolute atomic E-state index is 0.0525. The van der Waals surface area contributed by atoms with E-state index in [9.17, 15) is 0 Å². The lowest BCUT2D eigenvalue weighted by molar-refractivity contribution is 0.728. The second kappa shape index (κ2) is 5.65. The van der Waals surface area contributed by atoms with E-state index in [1.165, 1.54) is 16.0 Å². The van der Waals surface area contributed by atoms with Crippen molar-refractivity contribution < 1.29 is 0 Å². The van der Waals surface area contributed by atoms with Crippen LogP contribution in [0.2, 0.25) is 0 Å². The number of benzene rings is 1. The molecular weight excluding hydrogens is 362 g/mol. The smallest absolute Gasteiger partial charge is 0.0344 e. The molecule has 0 bridgehead atoms. The molecule has 90 valence electrons. The quantitative estimate of drug-likeness (QED) is 0.818. The van der Waals surface area contributed by atoms with E-state index in [4.69, 9.17) is 5.73 Å². The molecule has 4 heteroatoms. The van der Waals surface area contributed by atoms with Gasteiger partial charge in [-0.2, -0.15) is 0 Å². The van der Waals surface area contributed by atoms with Gasteiger partial charge in [0.05, 0.1) is 0 Å². The lowest BCUT2D eigenvalue weighted by Crippen LogP contribution is -2.12. The third-order valence-electron chi connectivity index (χ3n) is 2.54. The molecule has 2 aromatic rings. The normalized spacial score (nSPS) is 12.7. The Bertz CT molecular complexity index is 502. The Morgan fingerprint density at radius 2 is 1.94 bits per heavy atom. The molecular formula is C13H13Br2NS. The lowest BCUT2D eigenvalue weighted by Gasteiger charge is -2.12. The van der Waals surface area contributed by atoms with E-state index in [2.05, 4.69) is 68.4 Å². The zero-order chi connectivity index (χ0) is 12.4. The van der Waals surface area contributed by atoms with Crippen LogP contribution < -0.4 is 5.73 Å². The average Bonchev–Trinajstić information content (AvgIpc) is 2.62. The van der Waals surface area contributed by atoms with E-state index in [1.807, 2.05) is 0 Å². The van der Waals surface area contributed by atoms with Crippen molar-refractivity contribution in [3.63, 3.8) is 0 Å². The molecule has 1 nitrogen and oxygen atoms in total. The molecule has 0 aliphatic carbocycles. The fraction of sp³-hybridized carbons (Fsp3) is 0.231. The van der Waals surface area contributed by atoms with Crippen LogP contribution in [0.1, 0.15) is 22.0 Å². The molecule has 0 saturated carbocycles. The van der Waals surface area contributed by atoms with Gasteiger partial charge in [0.2, 0.25) is 0 Å². The summed E-state index contributed by atoms with van der Waals surface area (Å²) in [5.74, 6) is 0. The minimum Gasteiger partial charge on any atom is -0.324 e. The number of aryl methyl sites for hydroxylation is 1. The molecule has 0 fully saturated rings. The molecule has 0 aliphatic heterocycles. The van der Waals surface area contributed by atoms with Crippen molar-refractivity contribution >= 4 is 43.2 Å². The Labute approximate surface area is 122 Å². The second-order valence-corrected chi connectivity index (χ2v) is 6.93. The molecule has 0 aliphatic rings. The van der Waals surface area contributed by atoms with Crippen LogP contribution in [-0.2, 0) is 6.42 Å². The van der Waals surface area contributed by atoms with Crippen molar-refractivity contribution in [1.29, 1.82) is 0 Å². The topological polar surface area (TPSA) is 26.0 Å². The van der Waals surface area contributed by atoms with Gasteiger partial charge >= 0.3 is 0 Å². The Morgan fingerprint density at radius 3 is 2.53 bits per heavy atom. The first kappa shape index (κ1) is 13.3. The zero-order valence-electron chi connectivity index (χ0n) is 9.41. The zero-order valence-corrected chi connectivity index (χ0v) is 13.4. The lowest BCUT2D eigenvalue weighted by atomic mass is 10.0. The molecule has 0 spiro atoms. The highest BCUT2D eigenvalue weighted by Gasteiger charge is 2.09. The van der Waals surface area contributed by atoms with Crippen LogP contribution in [0.15, 0.2) is 38.6 Å². The Kier molecular flexibility index (Phi) is 4.42. The molecule has 0 amide bonds. The van der Waals surface area contributed by atoms with E-state index < -0.39 is 0 Å². The first-order valence-electron chi connectivity index (χ1n) is 5.30. The van der Waals surface area contributed by atoms with E-state index in [0.717, 1.165) is 15.4 Å². The number of hydrogen-bond donors (Lipinski definition) is 1. The summed E-state index contributed by atoms with van der Waals surface area (Å²) in [6.45, 7) is 2.09. The Morgan fingerprint density at radius 1 is 1.18 bits per heavy atom. The first-order valence-corrected chi connectivity index (χ1v) is 7.77. The van der Waals surface area contributed by atoms with Crippen molar-refractivity contribution in [3.05, 3.63) is 54.6 Å². The molecule has 17 heavy (non-hydrogen) atoms.